The molecule has 1 aromatic rings. The van der Waals surface area contributed by atoms with Crippen LogP contribution < -0.4 is 9.47 Å². The van der Waals surface area contributed by atoms with Crippen molar-refractivity contribution in [3.63, 3.8) is 0 Å². The minimum absolute atomic E-state index is 0.123. The first-order valence-corrected chi connectivity index (χ1v) is 11.1. The van der Waals surface area contributed by atoms with Crippen molar-refractivity contribution in [1.82, 2.24) is 0 Å². The molecule has 30 heavy (non-hydrogen) atoms. The molecule has 1 aromatic carbocycles. The minimum Gasteiger partial charge on any atom is -0.467 e. The van der Waals surface area contributed by atoms with Crippen LogP contribution in [-0.2, 0) is 15.9 Å². The molecule has 1 N–H and O–H groups in total. The van der Waals surface area contributed by atoms with Crippen molar-refractivity contribution < 1.29 is 24.1 Å². The topological polar surface area (TPSA) is 57.2 Å². The summed E-state index contributed by atoms with van der Waals surface area (Å²) in [4.78, 5) is 0. The van der Waals surface area contributed by atoms with Crippen molar-refractivity contribution in [2.75, 3.05) is 27.8 Å². The van der Waals surface area contributed by atoms with E-state index in [2.05, 4.69) is 33.8 Å². The smallest absolute Gasteiger partial charge is 0.188 e. The molecule has 0 saturated carbocycles. The van der Waals surface area contributed by atoms with Gasteiger partial charge >= 0.3 is 0 Å². The molecular weight excluding hydrogens is 380 g/mol. The summed E-state index contributed by atoms with van der Waals surface area (Å²) in [7, 11) is 3.18. The van der Waals surface area contributed by atoms with Crippen LogP contribution in [0.5, 0.6) is 11.5 Å². The highest BCUT2D eigenvalue weighted by Crippen LogP contribution is 2.39. The number of aliphatic hydroxyl groups is 1. The van der Waals surface area contributed by atoms with Crippen molar-refractivity contribution in [3.05, 3.63) is 34.9 Å². The predicted molar refractivity (Wildman–Crippen MR) is 122 cm³/mol. The van der Waals surface area contributed by atoms with Crippen molar-refractivity contribution in [2.24, 2.45) is 5.92 Å². The number of benzene rings is 1. The van der Waals surface area contributed by atoms with Crippen LogP contribution in [0.15, 0.2) is 23.8 Å². The Morgan fingerprint density at radius 2 is 1.63 bits per heavy atom. The average molecular weight is 423 g/mol. The van der Waals surface area contributed by atoms with Gasteiger partial charge in [0.25, 0.3) is 0 Å². The van der Waals surface area contributed by atoms with Gasteiger partial charge in [0.15, 0.2) is 13.6 Å². The Hall–Kier alpha value is -1.56. The summed E-state index contributed by atoms with van der Waals surface area (Å²) in [6.07, 6.45) is 8.63. The summed E-state index contributed by atoms with van der Waals surface area (Å²) in [5.41, 5.74) is 3.14. The van der Waals surface area contributed by atoms with Crippen molar-refractivity contribution in [1.29, 1.82) is 0 Å². The first-order chi connectivity index (χ1) is 14.4. The molecule has 1 rings (SSSR count). The third-order valence-corrected chi connectivity index (χ3v) is 5.07. The monoisotopic (exact) mass is 422 g/mol. The van der Waals surface area contributed by atoms with Gasteiger partial charge < -0.3 is 24.1 Å². The normalized spacial score (nSPS) is 13.0. The predicted octanol–water partition coefficient (Wildman–Crippen LogP) is 6.19. The second kappa shape index (κ2) is 15.3. The Morgan fingerprint density at radius 1 is 1.03 bits per heavy atom. The molecule has 0 aromatic heterocycles. The highest BCUT2D eigenvalue weighted by Gasteiger charge is 2.23. The van der Waals surface area contributed by atoms with E-state index in [9.17, 15) is 5.11 Å². The molecule has 2 atom stereocenters. The third-order valence-electron chi connectivity index (χ3n) is 5.07. The van der Waals surface area contributed by atoms with E-state index in [4.69, 9.17) is 18.9 Å². The lowest BCUT2D eigenvalue weighted by Gasteiger charge is -2.23. The van der Waals surface area contributed by atoms with Crippen LogP contribution in [0.4, 0.5) is 0 Å². The SMILES string of the molecule is CCCCCc1cc(OCOC)c(C(O)C[C@H](C)CCC=C(C)C)c(OCOC)c1. The Labute approximate surface area is 183 Å². The van der Waals surface area contributed by atoms with Gasteiger partial charge in [-0.2, -0.15) is 0 Å². The molecule has 0 saturated heterocycles. The number of methoxy groups -OCH3 is 2. The Morgan fingerprint density at radius 3 is 2.13 bits per heavy atom. The molecule has 0 heterocycles. The first kappa shape index (κ1) is 26.5. The van der Waals surface area contributed by atoms with Crippen LogP contribution in [0.25, 0.3) is 0 Å². The Bertz CT molecular complexity index is 593. The van der Waals surface area contributed by atoms with Gasteiger partial charge in [0, 0.05) is 14.2 Å². The maximum absolute atomic E-state index is 11.1. The Balaban J connectivity index is 3.10. The number of aliphatic hydroxyl groups excluding tert-OH is 1. The summed E-state index contributed by atoms with van der Waals surface area (Å²) in [5, 5.41) is 11.1. The van der Waals surface area contributed by atoms with Crippen molar-refractivity contribution in [3.8, 4) is 11.5 Å². The van der Waals surface area contributed by atoms with E-state index in [1.165, 1.54) is 18.4 Å². The van der Waals surface area contributed by atoms with Gasteiger partial charge in [-0.1, -0.05) is 38.3 Å². The highest BCUT2D eigenvalue weighted by molar-refractivity contribution is 5.49. The van der Waals surface area contributed by atoms with Crippen molar-refractivity contribution in [2.45, 2.75) is 78.7 Å². The zero-order valence-corrected chi connectivity index (χ0v) is 19.8. The summed E-state index contributed by atoms with van der Waals surface area (Å²) >= 11 is 0. The Kier molecular flexibility index (Phi) is 13.5. The van der Waals surface area contributed by atoms with Crippen LogP contribution >= 0.6 is 0 Å². The summed E-state index contributed by atoms with van der Waals surface area (Å²) in [5.74, 6) is 1.62. The molecule has 0 fully saturated rings. The van der Waals surface area contributed by atoms with Gasteiger partial charge in [-0.05, 0) is 69.6 Å². The fourth-order valence-electron chi connectivity index (χ4n) is 3.46. The van der Waals surface area contributed by atoms with E-state index in [-0.39, 0.29) is 13.6 Å². The van der Waals surface area contributed by atoms with Crippen LogP contribution in [0.1, 0.15) is 83.5 Å². The van der Waals surface area contributed by atoms with E-state index in [1.807, 2.05) is 12.1 Å². The maximum Gasteiger partial charge on any atom is 0.188 e. The molecule has 0 radical (unpaired) electrons. The fraction of sp³-hybridized carbons (Fsp3) is 0.680. The van der Waals surface area contributed by atoms with E-state index in [1.54, 1.807) is 14.2 Å². The number of aryl methyl sites for hydroxylation is 1. The first-order valence-electron chi connectivity index (χ1n) is 11.1. The summed E-state index contributed by atoms with van der Waals surface area (Å²) < 4.78 is 22.0. The molecule has 0 bridgehead atoms. The molecular formula is C25H42O5. The number of hydrogen-bond donors (Lipinski definition) is 1. The van der Waals surface area contributed by atoms with E-state index >= 15 is 0 Å². The lowest BCUT2D eigenvalue weighted by atomic mass is 9.92. The molecule has 5 nitrogen and oxygen atoms in total. The van der Waals surface area contributed by atoms with Gasteiger partial charge in [0.1, 0.15) is 11.5 Å². The average Bonchev–Trinajstić information content (AvgIpc) is 2.70. The lowest BCUT2D eigenvalue weighted by Crippen LogP contribution is -2.12. The number of allylic oxidation sites excluding steroid dienone is 2. The van der Waals surface area contributed by atoms with Gasteiger partial charge in [-0.25, -0.2) is 0 Å². The molecule has 1 unspecified atom stereocenters. The molecule has 0 aliphatic heterocycles. The molecule has 0 amide bonds. The number of ether oxygens (including phenoxy) is 4. The highest BCUT2D eigenvalue weighted by atomic mass is 16.7. The largest absolute Gasteiger partial charge is 0.467 e. The van der Waals surface area contributed by atoms with Crippen molar-refractivity contribution >= 4 is 0 Å². The number of rotatable bonds is 16. The molecule has 172 valence electrons. The van der Waals surface area contributed by atoms with Crippen LogP contribution in [-0.4, -0.2) is 32.9 Å². The second-order valence-electron chi connectivity index (χ2n) is 8.28. The number of hydrogen-bond acceptors (Lipinski definition) is 5. The molecule has 5 heteroatoms. The zero-order chi connectivity index (χ0) is 22.4. The maximum atomic E-state index is 11.1. The zero-order valence-electron chi connectivity index (χ0n) is 19.8. The summed E-state index contributed by atoms with van der Waals surface area (Å²) in [6, 6.07) is 4.03. The van der Waals surface area contributed by atoms with Crippen LogP contribution in [0, 0.1) is 5.92 Å². The molecule has 0 aliphatic carbocycles. The second-order valence-corrected chi connectivity index (χ2v) is 8.28. The minimum atomic E-state index is -0.685. The van der Waals surface area contributed by atoms with Crippen LogP contribution in [0.2, 0.25) is 0 Å². The van der Waals surface area contributed by atoms with E-state index < -0.39 is 6.10 Å². The quantitative estimate of drug-likeness (QED) is 0.195. The summed E-state index contributed by atoms with van der Waals surface area (Å²) in [6.45, 7) is 8.84. The molecule has 0 aliphatic rings. The van der Waals surface area contributed by atoms with Gasteiger partial charge in [-0.3, -0.25) is 0 Å². The van der Waals surface area contributed by atoms with Gasteiger partial charge in [-0.15, -0.1) is 0 Å². The fourth-order valence-corrected chi connectivity index (χ4v) is 3.46. The van der Waals surface area contributed by atoms with Crippen LogP contribution in [0.3, 0.4) is 0 Å². The van der Waals surface area contributed by atoms with Gasteiger partial charge in [0.05, 0.1) is 11.7 Å². The van der Waals surface area contributed by atoms with E-state index in [0.717, 1.165) is 31.2 Å². The third kappa shape index (κ3) is 9.96. The van der Waals surface area contributed by atoms with Gasteiger partial charge in [0.2, 0.25) is 0 Å². The van der Waals surface area contributed by atoms with E-state index in [0.29, 0.717) is 29.4 Å². The number of unbranched alkanes of at least 4 members (excludes halogenated alkanes) is 2. The standard InChI is InChI=1S/C25H42O5/c1-7-8-9-13-21-15-23(29-17-27-5)25(24(16-21)30-18-28-6)22(26)14-20(4)12-10-11-19(2)3/h11,15-16,20,22,26H,7-10,12-14,17-18H2,1-6H3/t20-,22?/m1/s1. The lowest BCUT2D eigenvalue weighted by molar-refractivity contribution is 0.0386. The molecule has 0 spiro atoms.